The second-order valence-corrected chi connectivity index (χ2v) is 5.60. The van der Waals surface area contributed by atoms with Gasteiger partial charge in [-0.2, -0.15) is 0 Å². The Bertz CT molecular complexity index is 714. The van der Waals surface area contributed by atoms with E-state index in [9.17, 15) is 9.90 Å². The monoisotopic (exact) mass is 313 g/mol. The average Bonchev–Trinajstić information content (AvgIpc) is 2.61. The van der Waals surface area contributed by atoms with Crippen LogP contribution in [0.4, 0.5) is 0 Å². The number of aliphatic hydroxyl groups is 1. The Balaban J connectivity index is 1.94. The van der Waals surface area contributed by atoms with Crippen LogP contribution in [0.2, 0.25) is 0 Å². The summed E-state index contributed by atoms with van der Waals surface area (Å²) in [5, 5.41) is 10.6. The number of ketones is 1. The Labute approximate surface area is 134 Å². The summed E-state index contributed by atoms with van der Waals surface area (Å²) in [6, 6.07) is 7.03. The number of rotatable bonds is 4. The molecule has 0 aliphatic heterocycles. The molecule has 5 nitrogen and oxygen atoms in total. The first-order chi connectivity index (χ1) is 11.2. The number of aliphatic hydroxyl groups excluding tert-OH is 1. The van der Waals surface area contributed by atoms with E-state index in [0.717, 1.165) is 5.56 Å². The van der Waals surface area contributed by atoms with Crippen molar-refractivity contribution in [2.75, 3.05) is 14.2 Å². The lowest BCUT2D eigenvalue weighted by Crippen LogP contribution is -2.28. The van der Waals surface area contributed by atoms with Crippen LogP contribution in [-0.4, -0.2) is 30.1 Å². The fraction of sp³-hybridized carbons (Fsp3) is 0.333. The van der Waals surface area contributed by atoms with Crippen LogP contribution in [0.15, 0.2) is 36.7 Å². The zero-order valence-electron chi connectivity index (χ0n) is 13.2. The lowest BCUT2D eigenvalue weighted by atomic mass is 9.78. The molecule has 1 aliphatic rings. The molecule has 5 heteroatoms. The number of carbonyl (C=O) groups is 1. The maximum absolute atomic E-state index is 12.8. The number of carbonyl (C=O) groups excluding carboxylic acids is 1. The second kappa shape index (κ2) is 6.38. The maximum Gasteiger partial charge on any atom is 0.169 e. The van der Waals surface area contributed by atoms with Crippen LogP contribution < -0.4 is 9.47 Å². The van der Waals surface area contributed by atoms with Gasteiger partial charge in [0.1, 0.15) is 0 Å². The highest BCUT2D eigenvalue weighted by molar-refractivity contribution is 6.01. The van der Waals surface area contributed by atoms with E-state index >= 15 is 0 Å². The van der Waals surface area contributed by atoms with Gasteiger partial charge in [-0.05, 0) is 48.2 Å². The molecule has 120 valence electrons. The zero-order valence-corrected chi connectivity index (χ0v) is 13.2. The van der Waals surface area contributed by atoms with Crippen LogP contribution in [0.25, 0.3) is 0 Å². The van der Waals surface area contributed by atoms with E-state index in [1.807, 2.05) is 6.07 Å². The number of methoxy groups -OCH3 is 2. The quantitative estimate of drug-likeness (QED) is 0.939. The first-order valence-electron chi connectivity index (χ1n) is 7.52. The minimum absolute atomic E-state index is 0.0588. The molecular weight excluding hydrogens is 294 g/mol. The summed E-state index contributed by atoms with van der Waals surface area (Å²) >= 11 is 0. The van der Waals surface area contributed by atoms with Crippen molar-refractivity contribution >= 4 is 5.78 Å². The number of hydrogen-bond acceptors (Lipinski definition) is 5. The highest BCUT2D eigenvalue weighted by Gasteiger charge is 2.34. The van der Waals surface area contributed by atoms with Gasteiger partial charge in [0.25, 0.3) is 0 Å². The molecule has 0 radical (unpaired) electrons. The lowest BCUT2D eigenvalue weighted by molar-refractivity contribution is 0.0637. The summed E-state index contributed by atoms with van der Waals surface area (Å²) in [6.45, 7) is 0. The number of fused-ring (bicyclic) bond motifs is 1. The third kappa shape index (κ3) is 2.80. The van der Waals surface area contributed by atoms with Crippen molar-refractivity contribution in [1.82, 2.24) is 4.98 Å². The van der Waals surface area contributed by atoms with Gasteiger partial charge >= 0.3 is 0 Å². The van der Waals surface area contributed by atoms with Gasteiger partial charge in [0.2, 0.25) is 0 Å². The van der Waals surface area contributed by atoms with Gasteiger partial charge in [0.05, 0.1) is 26.2 Å². The molecule has 0 bridgehead atoms. The first-order valence-corrected chi connectivity index (χ1v) is 7.52. The minimum Gasteiger partial charge on any atom is -0.493 e. The summed E-state index contributed by atoms with van der Waals surface area (Å²) in [6.07, 6.45) is 3.73. The number of benzene rings is 1. The van der Waals surface area contributed by atoms with Crippen molar-refractivity contribution < 1.29 is 19.4 Å². The van der Waals surface area contributed by atoms with Crippen LogP contribution in [0.5, 0.6) is 11.5 Å². The summed E-state index contributed by atoms with van der Waals surface area (Å²) in [4.78, 5) is 16.8. The van der Waals surface area contributed by atoms with Crippen LogP contribution in [0.1, 0.15) is 34.0 Å². The molecule has 1 aromatic heterocycles. The predicted octanol–water partition coefficient (Wildman–Crippen LogP) is 2.58. The highest BCUT2D eigenvalue weighted by atomic mass is 16.5. The molecule has 2 unspecified atom stereocenters. The Hall–Kier alpha value is -2.40. The van der Waals surface area contributed by atoms with Crippen molar-refractivity contribution in [3.8, 4) is 11.5 Å². The Kier molecular flexibility index (Phi) is 4.30. The van der Waals surface area contributed by atoms with Gasteiger partial charge in [-0.15, -0.1) is 0 Å². The van der Waals surface area contributed by atoms with Gasteiger partial charge in [-0.3, -0.25) is 9.78 Å². The Morgan fingerprint density at radius 1 is 1.17 bits per heavy atom. The smallest absolute Gasteiger partial charge is 0.169 e. The lowest BCUT2D eigenvalue weighted by Gasteiger charge is -2.28. The summed E-state index contributed by atoms with van der Waals surface area (Å²) in [7, 11) is 3.12. The van der Waals surface area contributed by atoms with Gasteiger partial charge in [-0.25, -0.2) is 0 Å². The molecule has 1 N–H and O–H groups in total. The molecule has 3 rings (SSSR count). The van der Waals surface area contributed by atoms with Gasteiger partial charge in [-0.1, -0.05) is 0 Å². The van der Waals surface area contributed by atoms with E-state index in [2.05, 4.69) is 4.98 Å². The molecule has 0 amide bonds. The van der Waals surface area contributed by atoms with Crippen LogP contribution in [-0.2, 0) is 6.42 Å². The second-order valence-electron chi connectivity index (χ2n) is 5.60. The van der Waals surface area contributed by atoms with E-state index in [-0.39, 0.29) is 5.78 Å². The molecule has 1 heterocycles. The topological polar surface area (TPSA) is 68.7 Å². The number of pyridine rings is 1. The molecular formula is C18H19NO4. The molecule has 23 heavy (non-hydrogen) atoms. The third-order valence-corrected chi connectivity index (χ3v) is 4.37. The number of ether oxygens (including phenoxy) is 2. The van der Waals surface area contributed by atoms with Gasteiger partial charge in [0, 0.05) is 18.0 Å². The Morgan fingerprint density at radius 3 is 2.48 bits per heavy atom. The molecule has 0 saturated heterocycles. The summed E-state index contributed by atoms with van der Waals surface area (Å²) < 4.78 is 10.6. The fourth-order valence-corrected chi connectivity index (χ4v) is 3.09. The molecule has 2 atom stereocenters. The number of nitrogens with zero attached hydrogens (tertiary/aromatic N) is 1. The molecule has 1 aromatic carbocycles. The van der Waals surface area contributed by atoms with Crippen molar-refractivity contribution in [1.29, 1.82) is 0 Å². The molecule has 0 fully saturated rings. The van der Waals surface area contributed by atoms with Crippen molar-refractivity contribution in [3.05, 3.63) is 53.3 Å². The van der Waals surface area contributed by atoms with Crippen molar-refractivity contribution in [2.24, 2.45) is 5.92 Å². The highest BCUT2D eigenvalue weighted by Crippen LogP contribution is 2.39. The number of aryl methyl sites for hydroxylation is 1. The van der Waals surface area contributed by atoms with Crippen LogP contribution in [0.3, 0.4) is 0 Å². The van der Waals surface area contributed by atoms with E-state index in [1.165, 1.54) is 0 Å². The molecule has 2 aromatic rings. The standard InChI is InChI=1S/C18H19NO4/c1-22-15-9-12-3-4-13(17(20)11-5-7-19-8-6-11)18(21)14(12)10-16(15)23-2/h5-10,13,17,20H,3-4H2,1-2H3. The van der Waals surface area contributed by atoms with Gasteiger partial charge < -0.3 is 14.6 Å². The largest absolute Gasteiger partial charge is 0.493 e. The van der Waals surface area contributed by atoms with E-state index in [4.69, 9.17) is 9.47 Å². The normalized spacial score (nSPS) is 18.2. The van der Waals surface area contributed by atoms with E-state index < -0.39 is 12.0 Å². The average molecular weight is 313 g/mol. The minimum atomic E-state index is -0.827. The maximum atomic E-state index is 12.8. The number of aromatic nitrogens is 1. The number of Topliss-reactive ketones (excluding diaryl/α,β-unsaturated/α-hetero) is 1. The predicted molar refractivity (Wildman–Crippen MR) is 84.9 cm³/mol. The van der Waals surface area contributed by atoms with Crippen molar-refractivity contribution in [2.45, 2.75) is 18.9 Å². The van der Waals surface area contributed by atoms with Crippen molar-refractivity contribution in [3.63, 3.8) is 0 Å². The molecule has 1 aliphatic carbocycles. The number of hydrogen-bond donors (Lipinski definition) is 1. The Morgan fingerprint density at radius 2 is 1.83 bits per heavy atom. The molecule has 0 spiro atoms. The zero-order chi connectivity index (χ0) is 16.4. The first kappa shape index (κ1) is 15.5. The van der Waals surface area contributed by atoms with E-state index in [1.54, 1.807) is 44.8 Å². The summed E-state index contributed by atoms with van der Waals surface area (Å²) in [5.74, 6) is 0.630. The SMILES string of the molecule is COc1cc2c(cc1OC)C(=O)C(C(O)c1ccncc1)CC2. The van der Waals surface area contributed by atoms with Gasteiger partial charge in [0.15, 0.2) is 17.3 Å². The fourth-order valence-electron chi connectivity index (χ4n) is 3.09. The van der Waals surface area contributed by atoms with Crippen LogP contribution in [0, 0.1) is 5.92 Å². The van der Waals surface area contributed by atoms with E-state index in [0.29, 0.717) is 35.5 Å². The summed E-state index contributed by atoms with van der Waals surface area (Å²) in [5.41, 5.74) is 2.25. The van der Waals surface area contributed by atoms with Crippen LogP contribution >= 0.6 is 0 Å². The third-order valence-electron chi connectivity index (χ3n) is 4.37. The molecule has 0 saturated carbocycles.